The van der Waals surface area contributed by atoms with Crippen LogP contribution in [-0.2, 0) is 0 Å². The van der Waals surface area contributed by atoms with E-state index < -0.39 is 0 Å². The molecule has 0 unspecified atom stereocenters. The molecule has 17 heavy (non-hydrogen) atoms. The molecule has 0 aliphatic heterocycles. The maximum absolute atomic E-state index is 12.8. The van der Waals surface area contributed by atoms with Crippen molar-refractivity contribution in [1.29, 1.82) is 0 Å². The molecular formula is C13H10FNO2. The summed E-state index contributed by atoms with van der Waals surface area (Å²) >= 11 is 0. The first-order valence-electron chi connectivity index (χ1n) is 5.00. The maximum Gasteiger partial charge on any atom is 0.224 e. The number of nitrogens with zero attached hydrogens (tertiary/aromatic N) is 1. The van der Waals surface area contributed by atoms with Crippen molar-refractivity contribution in [2.24, 2.45) is 0 Å². The molecule has 0 atom stereocenters. The van der Waals surface area contributed by atoms with Gasteiger partial charge in [0.25, 0.3) is 0 Å². The quantitative estimate of drug-likeness (QED) is 0.762. The predicted molar refractivity (Wildman–Crippen MR) is 61.6 cm³/mol. The number of methoxy groups -OCH3 is 1. The molecule has 4 heteroatoms. The van der Waals surface area contributed by atoms with Crippen LogP contribution in [0.25, 0.3) is 11.1 Å². The molecule has 0 saturated heterocycles. The van der Waals surface area contributed by atoms with Crippen molar-refractivity contribution >= 4 is 6.29 Å². The Morgan fingerprint density at radius 1 is 1.24 bits per heavy atom. The van der Waals surface area contributed by atoms with Crippen LogP contribution in [0.4, 0.5) is 4.39 Å². The average Bonchev–Trinajstić information content (AvgIpc) is 2.38. The zero-order valence-corrected chi connectivity index (χ0v) is 9.18. The summed E-state index contributed by atoms with van der Waals surface area (Å²) in [4.78, 5) is 15.0. The fraction of sp³-hybridized carbons (Fsp3) is 0.0769. The van der Waals surface area contributed by atoms with Gasteiger partial charge in [-0.15, -0.1) is 0 Å². The number of rotatable bonds is 3. The highest BCUT2D eigenvalue weighted by atomic mass is 19.1. The largest absolute Gasteiger partial charge is 0.480 e. The Bertz CT molecular complexity index is 538. The summed E-state index contributed by atoms with van der Waals surface area (Å²) in [7, 11) is 1.45. The summed E-state index contributed by atoms with van der Waals surface area (Å²) in [5, 5.41) is 0. The molecule has 0 aliphatic carbocycles. The van der Waals surface area contributed by atoms with Gasteiger partial charge in [-0.2, -0.15) is 0 Å². The number of pyridine rings is 1. The van der Waals surface area contributed by atoms with E-state index in [1.54, 1.807) is 24.4 Å². The van der Waals surface area contributed by atoms with Gasteiger partial charge in [-0.25, -0.2) is 9.37 Å². The monoisotopic (exact) mass is 231 g/mol. The summed E-state index contributed by atoms with van der Waals surface area (Å²) in [6.45, 7) is 0. The molecule has 2 aromatic rings. The number of ether oxygens (including phenoxy) is 1. The molecule has 0 fully saturated rings. The molecule has 1 aromatic carbocycles. The molecule has 3 nitrogen and oxygen atoms in total. The molecule has 86 valence electrons. The number of benzene rings is 1. The van der Waals surface area contributed by atoms with E-state index in [1.807, 2.05) is 0 Å². The van der Waals surface area contributed by atoms with E-state index in [1.165, 1.54) is 19.2 Å². The van der Waals surface area contributed by atoms with Crippen molar-refractivity contribution < 1.29 is 13.9 Å². The van der Waals surface area contributed by atoms with Crippen LogP contribution in [0.3, 0.4) is 0 Å². The van der Waals surface area contributed by atoms with E-state index in [-0.39, 0.29) is 11.7 Å². The van der Waals surface area contributed by atoms with Gasteiger partial charge >= 0.3 is 0 Å². The fourth-order valence-corrected chi connectivity index (χ4v) is 1.61. The second-order valence-corrected chi connectivity index (χ2v) is 3.41. The topological polar surface area (TPSA) is 39.2 Å². The lowest BCUT2D eigenvalue weighted by Crippen LogP contribution is -1.96. The number of hydrogen-bond donors (Lipinski definition) is 0. The summed E-state index contributed by atoms with van der Waals surface area (Å²) in [5.41, 5.74) is 1.78. The molecule has 1 heterocycles. The van der Waals surface area contributed by atoms with Gasteiger partial charge in [0.1, 0.15) is 5.82 Å². The molecule has 0 amide bonds. The van der Waals surface area contributed by atoms with Gasteiger partial charge in [0.2, 0.25) is 5.88 Å². The second kappa shape index (κ2) is 4.74. The molecule has 0 spiro atoms. The van der Waals surface area contributed by atoms with Gasteiger partial charge in [0.15, 0.2) is 6.29 Å². The summed E-state index contributed by atoms with van der Waals surface area (Å²) in [6.07, 6.45) is 2.23. The molecular weight excluding hydrogens is 221 g/mol. The number of aromatic nitrogens is 1. The van der Waals surface area contributed by atoms with E-state index in [4.69, 9.17) is 4.74 Å². The zero-order valence-electron chi connectivity index (χ0n) is 9.18. The van der Waals surface area contributed by atoms with E-state index in [9.17, 15) is 9.18 Å². The number of carbonyl (C=O) groups excluding carboxylic acids is 1. The molecule has 0 bridgehead atoms. The van der Waals surface area contributed by atoms with Crippen LogP contribution < -0.4 is 4.74 Å². The van der Waals surface area contributed by atoms with Gasteiger partial charge in [-0.05, 0) is 29.3 Å². The smallest absolute Gasteiger partial charge is 0.224 e. The fourth-order valence-electron chi connectivity index (χ4n) is 1.61. The lowest BCUT2D eigenvalue weighted by molar-refractivity contribution is 0.112. The third kappa shape index (κ3) is 2.15. The van der Waals surface area contributed by atoms with Crippen molar-refractivity contribution in [3.63, 3.8) is 0 Å². The molecule has 0 saturated carbocycles. The van der Waals surface area contributed by atoms with Gasteiger partial charge < -0.3 is 4.74 Å². The SMILES string of the molecule is COc1nccc(-c2ccc(F)cc2)c1C=O. The third-order valence-corrected chi connectivity index (χ3v) is 2.42. The average molecular weight is 231 g/mol. The van der Waals surface area contributed by atoms with E-state index in [0.29, 0.717) is 17.4 Å². The molecule has 2 rings (SSSR count). The Morgan fingerprint density at radius 2 is 1.94 bits per heavy atom. The van der Waals surface area contributed by atoms with Crippen LogP contribution in [0, 0.1) is 5.82 Å². The van der Waals surface area contributed by atoms with Crippen molar-refractivity contribution in [3.8, 4) is 17.0 Å². The molecule has 0 aliphatic rings. The Kier molecular flexibility index (Phi) is 3.14. The van der Waals surface area contributed by atoms with E-state index in [0.717, 1.165) is 5.56 Å². The number of hydrogen-bond acceptors (Lipinski definition) is 3. The Morgan fingerprint density at radius 3 is 2.53 bits per heavy atom. The van der Waals surface area contributed by atoms with Crippen LogP contribution in [0.1, 0.15) is 10.4 Å². The number of carbonyl (C=O) groups is 1. The third-order valence-electron chi connectivity index (χ3n) is 2.42. The Balaban J connectivity index is 2.58. The standard InChI is InChI=1S/C13H10FNO2/c1-17-13-12(8-16)11(6-7-15-13)9-2-4-10(14)5-3-9/h2-8H,1H3. The number of halogens is 1. The van der Waals surface area contributed by atoms with Gasteiger partial charge in [-0.3, -0.25) is 4.79 Å². The summed E-state index contributed by atoms with van der Waals surface area (Å²) < 4.78 is 17.8. The molecule has 0 N–H and O–H groups in total. The second-order valence-electron chi connectivity index (χ2n) is 3.41. The van der Waals surface area contributed by atoms with Crippen LogP contribution in [0.15, 0.2) is 36.5 Å². The van der Waals surface area contributed by atoms with E-state index in [2.05, 4.69) is 4.98 Å². The maximum atomic E-state index is 12.8. The Hall–Kier alpha value is -2.23. The highest BCUT2D eigenvalue weighted by molar-refractivity contribution is 5.90. The van der Waals surface area contributed by atoms with Crippen molar-refractivity contribution in [2.75, 3.05) is 7.11 Å². The summed E-state index contributed by atoms with van der Waals surface area (Å²) in [5.74, 6) is -0.0516. The predicted octanol–water partition coefficient (Wildman–Crippen LogP) is 2.71. The minimum Gasteiger partial charge on any atom is -0.480 e. The van der Waals surface area contributed by atoms with Crippen LogP contribution in [-0.4, -0.2) is 18.4 Å². The summed E-state index contributed by atoms with van der Waals surface area (Å²) in [6, 6.07) is 7.60. The minimum atomic E-state index is -0.317. The van der Waals surface area contributed by atoms with Crippen molar-refractivity contribution in [3.05, 3.63) is 47.9 Å². The zero-order chi connectivity index (χ0) is 12.3. The van der Waals surface area contributed by atoms with Gasteiger partial charge in [0.05, 0.1) is 12.7 Å². The van der Waals surface area contributed by atoms with Crippen LogP contribution >= 0.6 is 0 Å². The normalized spacial score (nSPS) is 10.0. The lowest BCUT2D eigenvalue weighted by Gasteiger charge is -2.08. The Labute approximate surface area is 97.9 Å². The van der Waals surface area contributed by atoms with Gasteiger partial charge in [0, 0.05) is 6.20 Å². The van der Waals surface area contributed by atoms with Crippen molar-refractivity contribution in [2.45, 2.75) is 0 Å². The first-order chi connectivity index (χ1) is 8.26. The van der Waals surface area contributed by atoms with Crippen molar-refractivity contribution in [1.82, 2.24) is 4.98 Å². The first-order valence-corrected chi connectivity index (χ1v) is 5.00. The van der Waals surface area contributed by atoms with E-state index >= 15 is 0 Å². The molecule has 1 aromatic heterocycles. The van der Waals surface area contributed by atoms with Crippen LogP contribution in [0.2, 0.25) is 0 Å². The highest BCUT2D eigenvalue weighted by Crippen LogP contribution is 2.27. The molecule has 0 radical (unpaired) electrons. The number of aldehydes is 1. The minimum absolute atomic E-state index is 0.266. The van der Waals surface area contributed by atoms with Gasteiger partial charge in [-0.1, -0.05) is 12.1 Å². The lowest BCUT2D eigenvalue weighted by atomic mass is 10.0. The first kappa shape index (κ1) is 11.3. The van der Waals surface area contributed by atoms with Crippen LogP contribution in [0.5, 0.6) is 5.88 Å². The highest BCUT2D eigenvalue weighted by Gasteiger charge is 2.11.